The van der Waals surface area contributed by atoms with E-state index >= 15 is 0 Å². The minimum Gasteiger partial charge on any atom is -0.365 e. The summed E-state index contributed by atoms with van der Waals surface area (Å²) in [5.41, 5.74) is 2.80. The highest BCUT2D eigenvalue weighted by atomic mass is 16.1. The van der Waals surface area contributed by atoms with Crippen LogP contribution in [0.3, 0.4) is 0 Å². The lowest BCUT2D eigenvalue weighted by Gasteiger charge is -2.22. The summed E-state index contributed by atoms with van der Waals surface area (Å²) in [5.74, 6) is 0.546. The molecule has 5 nitrogen and oxygen atoms in total. The maximum absolute atomic E-state index is 12.2. The van der Waals surface area contributed by atoms with Crippen molar-refractivity contribution in [2.75, 3.05) is 5.32 Å². The number of benzene rings is 1. The number of hydrogen-bond acceptors (Lipinski definition) is 4. The zero-order chi connectivity index (χ0) is 16.8. The lowest BCUT2D eigenvalue weighted by molar-refractivity contribution is 0.0922. The van der Waals surface area contributed by atoms with Crippen molar-refractivity contribution in [3.05, 3.63) is 53.5 Å². The van der Waals surface area contributed by atoms with E-state index in [-0.39, 0.29) is 11.9 Å². The Morgan fingerprint density at radius 1 is 1.08 bits per heavy atom. The van der Waals surface area contributed by atoms with Gasteiger partial charge in [-0.05, 0) is 25.3 Å². The normalized spacial score (nSPS) is 15.0. The molecule has 1 aliphatic carbocycles. The Hall–Kier alpha value is -2.43. The van der Waals surface area contributed by atoms with Crippen molar-refractivity contribution in [1.29, 1.82) is 0 Å². The topological polar surface area (TPSA) is 66.9 Å². The molecule has 3 rings (SSSR count). The SMILES string of the molecule is Cc1ccc(CNc2cnc(C(=O)NC3CCCCC3)cn2)cc1. The van der Waals surface area contributed by atoms with Crippen LogP contribution in [-0.2, 0) is 6.54 Å². The zero-order valence-electron chi connectivity index (χ0n) is 14.1. The number of nitrogens with zero attached hydrogens (tertiary/aromatic N) is 2. The monoisotopic (exact) mass is 324 g/mol. The number of rotatable bonds is 5. The fourth-order valence-electron chi connectivity index (χ4n) is 2.94. The maximum Gasteiger partial charge on any atom is 0.271 e. The van der Waals surface area contributed by atoms with Gasteiger partial charge >= 0.3 is 0 Å². The molecule has 2 N–H and O–H groups in total. The van der Waals surface area contributed by atoms with Crippen LogP contribution in [0.25, 0.3) is 0 Å². The Balaban J connectivity index is 1.52. The van der Waals surface area contributed by atoms with Crippen molar-refractivity contribution in [3.63, 3.8) is 0 Å². The molecule has 1 heterocycles. The highest BCUT2D eigenvalue weighted by molar-refractivity contribution is 5.92. The number of amides is 1. The van der Waals surface area contributed by atoms with Gasteiger partial charge in [-0.3, -0.25) is 4.79 Å². The van der Waals surface area contributed by atoms with Crippen LogP contribution in [0, 0.1) is 6.92 Å². The molecule has 1 aromatic heterocycles. The van der Waals surface area contributed by atoms with E-state index in [1.165, 1.54) is 36.6 Å². The lowest BCUT2D eigenvalue weighted by Crippen LogP contribution is -2.36. The van der Waals surface area contributed by atoms with E-state index < -0.39 is 0 Å². The van der Waals surface area contributed by atoms with Crippen LogP contribution in [0.2, 0.25) is 0 Å². The van der Waals surface area contributed by atoms with Crippen LogP contribution in [0.4, 0.5) is 5.82 Å². The Bertz CT molecular complexity index is 661. The van der Waals surface area contributed by atoms with Crippen molar-refractivity contribution in [2.24, 2.45) is 0 Å². The molecule has 5 heteroatoms. The second-order valence-corrected chi connectivity index (χ2v) is 6.43. The molecule has 0 spiro atoms. The van der Waals surface area contributed by atoms with E-state index in [2.05, 4.69) is 51.8 Å². The van der Waals surface area contributed by atoms with Gasteiger partial charge in [0, 0.05) is 12.6 Å². The van der Waals surface area contributed by atoms with E-state index in [1.54, 1.807) is 6.20 Å². The van der Waals surface area contributed by atoms with Gasteiger partial charge in [0.25, 0.3) is 5.91 Å². The van der Waals surface area contributed by atoms with Crippen molar-refractivity contribution in [3.8, 4) is 0 Å². The second-order valence-electron chi connectivity index (χ2n) is 6.43. The van der Waals surface area contributed by atoms with Gasteiger partial charge in [0.15, 0.2) is 0 Å². The lowest BCUT2D eigenvalue weighted by atomic mass is 9.95. The summed E-state index contributed by atoms with van der Waals surface area (Å²) in [6.45, 7) is 2.75. The van der Waals surface area contributed by atoms with Gasteiger partial charge in [-0.25, -0.2) is 9.97 Å². The fraction of sp³-hybridized carbons (Fsp3) is 0.421. The van der Waals surface area contributed by atoms with Crippen LogP contribution < -0.4 is 10.6 Å². The zero-order valence-corrected chi connectivity index (χ0v) is 14.1. The average molecular weight is 324 g/mol. The van der Waals surface area contributed by atoms with Crippen LogP contribution in [0.5, 0.6) is 0 Å². The molecule has 0 unspecified atom stereocenters. The summed E-state index contributed by atoms with van der Waals surface area (Å²) in [6, 6.07) is 8.62. The first kappa shape index (κ1) is 16.4. The summed E-state index contributed by atoms with van der Waals surface area (Å²) >= 11 is 0. The smallest absolute Gasteiger partial charge is 0.271 e. The number of hydrogen-bond donors (Lipinski definition) is 2. The van der Waals surface area contributed by atoms with E-state index in [9.17, 15) is 4.79 Å². The molecule has 0 saturated heterocycles. The molecule has 1 amide bonds. The van der Waals surface area contributed by atoms with Crippen LogP contribution in [-0.4, -0.2) is 21.9 Å². The molecule has 1 aromatic carbocycles. The van der Waals surface area contributed by atoms with E-state index in [4.69, 9.17) is 0 Å². The maximum atomic E-state index is 12.2. The Labute approximate surface area is 142 Å². The molecule has 0 aliphatic heterocycles. The van der Waals surface area contributed by atoms with Gasteiger partial charge in [0.1, 0.15) is 11.5 Å². The van der Waals surface area contributed by atoms with Crippen LogP contribution >= 0.6 is 0 Å². The largest absolute Gasteiger partial charge is 0.365 e. The first-order valence-electron chi connectivity index (χ1n) is 8.63. The van der Waals surface area contributed by atoms with E-state index in [1.807, 2.05) is 0 Å². The number of aryl methyl sites for hydroxylation is 1. The predicted octanol–water partition coefficient (Wildman–Crippen LogP) is 3.46. The summed E-state index contributed by atoms with van der Waals surface area (Å²) in [5, 5.41) is 6.28. The van der Waals surface area contributed by atoms with E-state index in [0.717, 1.165) is 12.8 Å². The number of aromatic nitrogens is 2. The third-order valence-electron chi connectivity index (χ3n) is 4.42. The van der Waals surface area contributed by atoms with Gasteiger partial charge in [0.2, 0.25) is 0 Å². The molecule has 1 saturated carbocycles. The van der Waals surface area contributed by atoms with Crippen molar-refractivity contribution >= 4 is 11.7 Å². The predicted molar refractivity (Wildman–Crippen MR) is 94.9 cm³/mol. The first-order valence-corrected chi connectivity index (χ1v) is 8.63. The molecular formula is C19H24N4O. The molecule has 24 heavy (non-hydrogen) atoms. The Kier molecular flexibility index (Phi) is 5.41. The average Bonchev–Trinajstić information content (AvgIpc) is 2.62. The molecule has 1 aliphatic rings. The fourth-order valence-corrected chi connectivity index (χ4v) is 2.94. The van der Waals surface area contributed by atoms with Gasteiger partial charge < -0.3 is 10.6 Å². The van der Waals surface area contributed by atoms with Gasteiger partial charge in [-0.2, -0.15) is 0 Å². The summed E-state index contributed by atoms with van der Waals surface area (Å²) in [6.07, 6.45) is 8.94. The van der Waals surface area contributed by atoms with Gasteiger partial charge in [0.05, 0.1) is 12.4 Å². The summed E-state index contributed by atoms with van der Waals surface area (Å²) in [4.78, 5) is 20.7. The van der Waals surface area contributed by atoms with Gasteiger partial charge in [-0.1, -0.05) is 49.1 Å². The highest BCUT2D eigenvalue weighted by Gasteiger charge is 2.17. The highest BCUT2D eigenvalue weighted by Crippen LogP contribution is 2.17. The summed E-state index contributed by atoms with van der Waals surface area (Å²) < 4.78 is 0. The van der Waals surface area contributed by atoms with Crippen LogP contribution in [0.15, 0.2) is 36.7 Å². The standard InChI is InChI=1S/C19H24N4O/c1-14-7-9-15(10-8-14)11-21-18-13-20-17(12-22-18)19(24)23-16-5-3-2-4-6-16/h7-10,12-13,16H,2-6,11H2,1H3,(H,21,22)(H,23,24). The van der Waals surface area contributed by atoms with E-state index in [0.29, 0.717) is 18.1 Å². The molecule has 2 aromatic rings. The van der Waals surface area contributed by atoms with Crippen LogP contribution in [0.1, 0.15) is 53.7 Å². The third kappa shape index (κ3) is 4.54. The molecular weight excluding hydrogens is 300 g/mol. The minimum absolute atomic E-state index is 0.125. The molecule has 0 atom stereocenters. The van der Waals surface area contributed by atoms with Crippen molar-refractivity contribution in [1.82, 2.24) is 15.3 Å². The molecule has 0 bridgehead atoms. The summed E-state index contributed by atoms with van der Waals surface area (Å²) in [7, 11) is 0. The van der Waals surface area contributed by atoms with Crippen molar-refractivity contribution in [2.45, 2.75) is 51.6 Å². The first-order chi connectivity index (χ1) is 11.7. The number of nitrogens with one attached hydrogen (secondary N) is 2. The number of anilines is 1. The quantitative estimate of drug-likeness (QED) is 0.884. The number of carbonyl (C=O) groups excluding carboxylic acids is 1. The third-order valence-corrected chi connectivity index (χ3v) is 4.42. The number of carbonyl (C=O) groups is 1. The minimum atomic E-state index is -0.125. The Morgan fingerprint density at radius 2 is 1.83 bits per heavy atom. The molecule has 1 fully saturated rings. The molecule has 126 valence electrons. The van der Waals surface area contributed by atoms with Crippen molar-refractivity contribution < 1.29 is 4.79 Å². The molecule has 0 radical (unpaired) electrons. The second kappa shape index (κ2) is 7.90. The Morgan fingerprint density at radius 3 is 2.50 bits per heavy atom. The van der Waals surface area contributed by atoms with Gasteiger partial charge in [-0.15, -0.1) is 0 Å².